The van der Waals surface area contributed by atoms with E-state index in [2.05, 4.69) is 20.5 Å². The highest BCUT2D eigenvalue weighted by molar-refractivity contribution is 5.73. The molecule has 0 spiro atoms. The van der Waals surface area contributed by atoms with Crippen LogP contribution < -0.4 is 15.4 Å². The van der Waals surface area contributed by atoms with E-state index >= 15 is 0 Å². The summed E-state index contributed by atoms with van der Waals surface area (Å²) >= 11 is 0. The van der Waals surface area contributed by atoms with Gasteiger partial charge in [0.05, 0.1) is 12.3 Å². The second-order valence-electron chi connectivity index (χ2n) is 8.18. The largest absolute Gasteiger partial charge is 0.474 e. The Kier molecular flexibility index (Phi) is 7.24. The van der Waals surface area contributed by atoms with Gasteiger partial charge in [0.2, 0.25) is 5.88 Å². The number of nitrogens with zero attached hydrogens (tertiary/aromatic N) is 2. The van der Waals surface area contributed by atoms with Crippen LogP contribution in [0.3, 0.4) is 0 Å². The van der Waals surface area contributed by atoms with Gasteiger partial charge in [0.25, 0.3) is 0 Å². The zero-order valence-electron chi connectivity index (χ0n) is 17.5. The molecule has 0 radical (unpaired) electrons. The Hall–Kier alpha value is -2.54. The van der Waals surface area contributed by atoms with Crippen LogP contribution in [0.1, 0.15) is 62.3 Å². The van der Waals surface area contributed by atoms with Crippen LogP contribution in [0.4, 0.5) is 4.79 Å². The molecule has 7 nitrogen and oxygen atoms in total. The predicted octanol–water partition coefficient (Wildman–Crippen LogP) is 4.02. The molecular formula is C23H32N4O3. The van der Waals surface area contributed by atoms with Crippen LogP contribution >= 0.6 is 0 Å². The Balaban J connectivity index is 1.30. The summed E-state index contributed by atoms with van der Waals surface area (Å²) in [7, 11) is 0. The van der Waals surface area contributed by atoms with Crippen LogP contribution in [0.5, 0.6) is 5.88 Å². The molecule has 1 aliphatic heterocycles. The van der Waals surface area contributed by atoms with Gasteiger partial charge in [-0.1, -0.05) is 12.5 Å². The Morgan fingerprint density at radius 3 is 2.73 bits per heavy atom. The Morgan fingerprint density at radius 2 is 1.97 bits per heavy atom. The summed E-state index contributed by atoms with van der Waals surface area (Å²) in [5, 5.41) is 5.97. The van der Waals surface area contributed by atoms with Crippen molar-refractivity contribution in [1.82, 2.24) is 20.5 Å². The molecule has 162 valence electrons. The van der Waals surface area contributed by atoms with Gasteiger partial charge >= 0.3 is 6.03 Å². The second-order valence-corrected chi connectivity index (χ2v) is 8.18. The number of nitrogens with one attached hydrogen (secondary N) is 2. The lowest BCUT2D eigenvalue weighted by Crippen LogP contribution is -2.43. The van der Waals surface area contributed by atoms with E-state index < -0.39 is 0 Å². The number of pyridine rings is 1. The first-order chi connectivity index (χ1) is 14.8. The lowest BCUT2D eigenvalue weighted by molar-refractivity contribution is 0.143. The van der Waals surface area contributed by atoms with Crippen molar-refractivity contribution >= 4 is 6.03 Å². The van der Waals surface area contributed by atoms with Crippen LogP contribution in [0, 0.1) is 0 Å². The molecule has 2 N–H and O–H groups in total. The van der Waals surface area contributed by atoms with Crippen molar-refractivity contribution in [3.8, 4) is 5.88 Å². The number of amides is 2. The van der Waals surface area contributed by atoms with E-state index in [0.717, 1.165) is 37.3 Å². The first-order valence-corrected chi connectivity index (χ1v) is 11.2. The molecule has 2 amide bonds. The standard InChI is InChI=1S/C23H32N4O3/c28-23(25-16-18-8-6-12-24-22(18)30-19-9-2-3-10-19)26-17-20(21-11-7-15-29-21)27-13-4-1-5-14-27/h6-8,11-12,15,19-20H,1-5,9-10,13-14,16-17H2,(H2,25,26,28). The molecule has 0 bridgehead atoms. The van der Waals surface area contributed by atoms with E-state index in [9.17, 15) is 4.79 Å². The zero-order valence-corrected chi connectivity index (χ0v) is 17.5. The summed E-state index contributed by atoms with van der Waals surface area (Å²) in [5.41, 5.74) is 0.901. The van der Waals surface area contributed by atoms with Crippen molar-refractivity contribution in [3.63, 3.8) is 0 Å². The van der Waals surface area contributed by atoms with E-state index in [-0.39, 0.29) is 18.2 Å². The van der Waals surface area contributed by atoms with Crippen molar-refractivity contribution in [2.24, 2.45) is 0 Å². The van der Waals surface area contributed by atoms with E-state index in [0.29, 0.717) is 19.0 Å². The maximum atomic E-state index is 12.5. The van der Waals surface area contributed by atoms with Gasteiger partial charge in [0.15, 0.2) is 0 Å². The number of piperidine rings is 1. The van der Waals surface area contributed by atoms with Gasteiger partial charge in [-0.25, -0.2) is 9.78 Å². The van der Waals surface area contributed by atoms with Gasteiger partial charge in [-0.05, 0) is 69.8 Å². The number of hydrogen-bond donors (Lipinski definition) is 2. The van der Waals surface area contributed by atoms with Gasteiger partial charge in [0.1, 0.15) is 11.9 Å². The average molecular weight is 413 g/mol. The minimum absolute atomic E-state index is 0.0608. The van der Waals surface area contributed by atoms with Crippen LogP contribution in [-0.2, 0) is 6.54 Å². The fourth-order valence-corrected chi connectivity index (χ4v) is 4.38. The Morgan fingerprint density at radius 1 is 1.13 bits per heavy atom. The molecule has 1 aliphatic carbocycles. The molecule has 1 saturated carbocycles. The predicted molar refractivity (Wildman–Crippen MR) is 114 cm³/mol. The van der Waals surface area contributed by atoms with Gasteiger partial charge in [0, 0.05) is 24.8 Å². The second kappa shape index (κ2) is 10.5. The summed E-state index contributed by atoms with van der Waals surface area (Å²) in [5.74, 6) is 1.53. The number of likely N-dealkylation sites (tertiary alicyclic amines) is 1. The topological polar surface area (TPSA) is 79.6 Å². The number of hydrogen-bond acceptors (Lipinski definition) is 5. The molecule has 3 heterocycles. The summed E-state index contributed by atoms with van der Waals surface area (Å²) in [4.78, 5) is 19.3. The number of aromatic nitrogens is 1. The fraction of sp³-hybridized carbons (Fsp3) is 0.565. The number of rotatable bonds is 8. The molecule has 2 aromatic rings. The Bertz CT molecular complexity index is 784. The van der Waals surface area contributed by atoms with Crippen LogP contribution in [0.2, 0.25) is 0 Å². The fourth-order valence-electron chi connectivity index (χ4n) is 4.38. The number of ether oxygens (including phenoxy) is 1. The third kappa shape index (κ3) is 5.53. The van der Waals surface area contributed by atoms with Crippen molar-refractivity contribution in [2.75, 3.05) is 19.6 Å². The SMILES string of the molecule is O=C(NCc1cccnc1OC1CCCC1)NCC(c1ccco1)N1CCCCC1. The van der Waals surface area contributed by atoms with Crippen molar-refractivity contribution in [2.45, 2.75) is 63.6 Å². The summed E-state index contributed by atoms with van der Waals surface area (Å²) < 4.78 is 11.7. The van der Waals surface area contributed by atoms with Gasteiger partial charge < -0.3 is 19.8 Å². The Labute approximate surface area is 178 Å². The maximum Gasteiger partial charge on any atom is 0.315 e. The normalized spacial score (nSPS) is 18.8. The molecular weight excluding hydrogens is 380 g/mol. The van der Waals surface area contributed by atoms with Crippen LogP contribution in [0.15, 0.2) is 41.1 Å². The summed E-state index contributed by atoms with van der Waals surface area (Å²) in [6.07, 6.45) is 11.9. The number of urea groups is 1. The van der Waals surface area contributed by atoms with Crippen LogP contribution in [0.25, 0.3) is 0 Å². The monoisotopic (exact) mass is 412 g/mol. The molecule has 4 rings (SSSR count). The highest BCUT2D eigenvalue weighted by Gasteiger charge is 2.25. The highest BCUT2D eigenvalue weighted by atomic mass is 16.5. The van der Waals surface area contributed by atoms with Gasteiger partial charge in [-0.2, -0.15) is 0 Å². The molecule has 7 heteroatoms. The minimum atomic E-state index is -0.195. The average Bonchev–Trinajstić information content (AvgIpc) is 3.49. The molecule has 2 fully saturated rings. The van der Waals surface area contributed by atoms with Crippen molar-refractivity contribution in [1.29, 1.82) is 0 Å². The first-order valence-electron chi connectivity index (χ1n) is 11.2. The molecule has 1 saturated heterocycles. The van der Waals surface area contributed by atoms with Gasteiger partial charge in [-0.3, -0.25) is 4.90 Å². The summed E-state index contributed by atoms with van der Waals surface area (Å²) in [6.45, 7) is 2.97. The number of furan rings is 1. The van der Waals surface area contributed by atoms with E-state index in [4.69, 9.17) is 9.15 Å². The smallest absolute Gasteiger partial charge is 0.315 e. The third-order valence-electron chi connectivity index (χ3n) is 6.03. The zero-order chi connectivity index (χ0) is 20.6. The first kappa shape index (κ1) is 20.7. The molecule has 1 unspecified atom stereocenters. The highest BCUT2D eigenvalue weighted by Crippen LogP contribution is 2.26. The lowest BCUT2D eigenvalue weighted by atomic mass is 10.1. The van der Waals surface area contributed by atoms with Crippen molar-refractivity contribution < 1.29 is 13.9 Å². The van der Waals surface area contributed by atoms with E-state index in [1.807, 2.05) is 24.3 Å². The molecule has 0 aromatic carbocycles. The molecule has 1 atom stereocenters. The van der Waals surface area contributed by atoms with Crippen molar-refractivity contribution in [3.05, 3.63) is 48.0 Å². The maximum absolute atomic E-state index is 12.5. The number of carbonyl (C=O) groups excluding carboxylic acids is 1. The quantitative estimate of drug-likeness (QED) is 0.685. The lowest BCUT2D eigenvalue weighted by Gasteiger charge is -2.33. The van der Waals surface area contributed by atoms with E-state index in [1.165, 1.54) is 32.1 Å². The molecule has 2 aromatic heterocycles. The third-order valence-corrected chi connectivity index (χ3v) is 6.03. The van der Waals surface area contributed by atoms with Gasteiger partial charge in [-0.15, -0.1) is 0 Å². The van der Waals surface area contributed by atoms with E-state index in [1.54, 1.807) is 12.5 Å². The molecule has 30 heavy (non-hydrogen) atoms. The summed E-state index contributed by atoms with van der Waals surface area (Å²) in [6, 6.07) is 7.59. The number of carbonyl (C=O) groups is 1. The molecule has 2 aliphatic rings. The minimum Gasteiger partial charge on any atom is -0.474 e. The van der Waals surface area contributed by atoms with Crippen LogP contribution in [-0.4, -0.2) is 41.7 Å².